The third-order valence-corrected chi connectivity index (χ3v) is 5.76. The van der Waals surface area contributed by atoms with E-state index in [0.717, 1.165) is 31.9 Å². The zero-order valence-electron chi connectivity index (χ0n) is 16.7. The largest absolute Gasteiger partial charge is 0.495 e. The van der Waals surface area contributed by atoms with E-state index in [1.165, 1.54) is 22.4 Å². The summed E-state index contributed by atoms with van der Waals surface area (Å²) in [5, 5.41) is 0. The lowest BCUT2D eigenvalue weighted by molar-refractivity contribution is 0.198. The lowest BCUT2D eigenvalue weighted by Crippen LogP contribution is -2.47. The SMILES string of the molecule is COc1ccccc1N1CCN(C(C)c2cccc(-c3ccccc3)c2)CC1. The van der Waals surface area contributed by atoms with Crippen molar-refractivity contribution >= 4 is 5.69 Å². The maximum Gasteiger partial charge on any atom is 0.142 e. The average Bonchev–Trinajstić information content (AvgIpc) is 2.79. The van der Waals surface area contributed by atoms with Gasteiger partial charge in [0.25, 0.3) is 0 Å². The Bertz CT molecular complexity index is 901. The number of methoxy groups -OCH3 is 1. The lowest BCUT2D eigenvalue weighted by Gasteiger charge is -2.39. The molecule has 4 rings (SSSR count). The molecule has 1 fully saturated rings. The van der Waals surface area contributed by atoms with Gasteiger partial charge in [0.05, 0.1) is 12.8 Å². The van der Waals surface area contributed by atoms with Crippen LogP contribution in [0.25, 0.3) is 11.1 Å². The third kappa shape index (κ3) is 3.90. The molecule has 1 heterocycles. The summed E-state index contributed by atoms with van der Waals surface area (Å²) >= 11 is 0. The molecule has 28 heavy (non-hydrogen) atoms. The Labute approximate surface area is 168 Å². The Morgan fingerprint density at radius 2 is 1.43 bits per heavy atom. The molecule has 0 spiro atoms. The molecule has 0 amide bonds. The molecule has 3 nitrogen and oxygen atoms in total. The van der Waals surface area contributed by atoms with E-state index in [9.17, 15) is 0 Å². The number of para-hydroxylation sites is 2. The van der Waals surface area contributed by atoms with E-state index in [4.69, 9.17) is 4.74 Å². The van der Waals surface area contributed by atoms with Crippen LogP contribution in [0, 0.1) is 0 Å². The number of piperazine rings is 1. The minimum atomic E-state index is 0.406. The van der Waals surface area contributed by atoms with Crippen molar-refractivity contribution in [3.63, 3.8) is 0 Å². The predicted octanol–water partition coefficient (Wildman–Crippen LogP) is 5.25. The highest BCUT2D eigenvalue weighted by molar-refractivity contribution is 5.64. The molecule has 0 bridgehead atoms. The third-order valence-electron chi connectivity index (χ3n) is 5.76. The van der Waals surface area contributed by atoms with E-state index in [1.54, 1.807) is 7.11 Å². The van der Waals surface area contributed by atoms with Crippen LogP contribution in [0.3, 0.4) is 0 Å². The van der Waals surface area contributed by atoms with E-state index in [0.29, 0.717) is 6.04 Å². The van der Waals surface area contributed by atoms with Gasteiger partial charge in [-0.15, -0.1) is 0 Å². The van der Waals surface area contributed by atoms with Crippen molar-refractivity contribution in [3.8, 4) is 16.9 Å². The van der Waals surface area contributed by atoms with Gasteiger partial charge < -0.3 is 9.64 Å². The smallest absolute Gasteiger partial charge is 0.142 e. The molecule has 144 valence electrons. The fraction of sp³-hybridized carbons (Fsp3) is 0.280. The van der Waals surface area contributed by atoms with Crippen LogP contribution in [-0.2, 0) is 0 Å². The molecule has 0 saturated carbocycles. The maximum atomic E-state index is 5.54. The summed E-state index contributed by atoms with van der Waals surface area (Å²) in [7, 11) is 1.75. The molecule has 1 aliphatic heterocycles. The molecule has 3 aromatic carbocycles. The van der Waals surface area contributed by atoms with Gasteiger partial charge in [-0.25, -0.2) is 0 Å². The maximum absolute atomic E-state index is 5.54. The molecule has 1 atom stereocenters. The molecule has 0 radical (unpaired) electrons. The molecule has 1 unspecified atom stereocenters. The number of hydrogen-bond donors (Lipinski definition) is 0. The first-order valence-electron chi connectivity index (χ1n) is 10.0. The molecule has 1 aliphatic rings. The van der Waals surface area contributed by atoms with Crippen molar-refractivity contribution in [1.82, 2.24) is 4.90 Å². The number of benzene rings is 3. The van der Waals surface area contributed by atoms with Crippen LogP contribution in [-0.4, -0.2) is 38.2 Å². The highest BCUT2D eigenvalue weighted by Crippen LogP contribution is 2.31. The van der Waals surface area contributed by atoms with Crippen molar-refractivity contribution in [2.24, 2.45) is 0 Å². The van der Waals surface area contributed by atoms with Gasteiger partial charge in [-0.1, -0.05) is 60.7 Å². The van der Waals surface area contributed by atoms with E-state index in [2.05, 4.69) is 83.5 Å². The van der Waals surface area contributed by atoms with Gasteiger partial charge in [-0.3, -0.25) is 4.90 Å². The van der Waals surface area contributed by atoms with Gasteiger partial charge in [0.1, 0.15) is 5.75 Å². The molecule has 0 N–H and O–H groups in total. The van der Waals surface area contributed by atoms with Crippen LogP contribution >= 0.6 is 0 Å². The van der Waals surface area contributed by atoms with Crippen LogP contribution in [0.1, 0.15) is 18.5 Å². The summed E-state index contributed by atoms with van der Waals surface area (Å²) in [4.78, 5) is 5.01. The molecule has 3 heteroatoms. The summed E-state index contributed by atoms with van der Waals surface area (Å²) in [5.74, 6) is 0.958. The van der Waals surface area contributed by atoms with E-state index < -0.39 is 0 Å². The Hall–Kier alpha value is -2.78. The predicted molar refractivity (Wildman–Crippen MR) is 117 cm³/mol. The van der Waals surface area contributed by atoms with Gasteiger partial charge in [-0.2, -0.15) is 0 Å². The number of hydrogen-bond acceptors (Lipinski definition) is 3. The second-order valence-corrected chi connectivity index (χ2v) is 7.36. The zero-order chi connectivity index (χ0) is 19.3. The Kier molecular flexibility index (Phi) is 5.63. The lowest BCUT2D eigenvalue weighted by atomic mass is 9.99. The molecule has 0 aromatic heterocycles. The second kappa shape index (κ2) is 8.49. The fourth-order valence-electron chi connectivity index (χ4n) is 4.06. The highest BCUT2D eigenvalue weighted by Gasteiger charge is 2.23. The monoisotopic (exact) mass is 372 g/mol. The Morgan fingerprint density at radius 1 is 0.750 bits per heavy atom. The Morgan fingerprint density at radius 3 is 2.18 bits per heavy atom. The molecule has 1 saturated heterocycles. The van der Waals surface area contributed by atoms with Gasteiger partial charge in [-0.05, 0) is 41.8 Å². The summed E-state index contributed by atoms with van der Waals surface area (Å²) in [6.07, 6.45) is 0. The number of ether oxygens (including phenoxy) is 1. The van der Waals surface area contributed by atoms with Gasteiger partial charge in [0.2, 0.25) is 0 Å². The first-order chi connectivity index (χ1) is 13.8. The Balaban J connectivity index is 1.45. The number of rotatable bonds is 5. The van der Waals surface area contributed by atoms with Crippen molar-refractivity contribution in [2.45, 2.75) is 13.0 Å². The quantitative estimate of drug-likeness (QED) is 0.609. The van der Waals surface area contributed by atoms with Crippen molar-refractivity contribution in [1.29, 1.82) is 0 Å². The fourth-order valence-corrected chi connectivity index (χ4v) is 4.06. The average molecular weight is 373 g/mol. The summed E-state index contributed by atoms with van der Waals surface area (Å²) < 4.78 is 5.54. The van der Waals surface area contributed by atoms with Crippen molar-refractivity contribution < 1.29 is 4.74 Å². The van der Waals surface area contributed by atoms with E-state index >= 15 is 0 Å². The molecular weight excluding hydrogens is 344 g/mol. The summed E-state index contributed by atoms with van der Waals surface area (Å²) in [5.41, 5.74) is 5.14. The molecule has 0 aliphatic carbocycles. The van der Waals surface area contributed by atoms with Crippen LogP contribution in [0.4, 0.5) is 5.69 Å². The standard InChI is InChI=1S/C25H28N2O/c1-20(22-11-8-12-23(19-22)21-9-4-3-5-10-21)26-15-17-27(18-16-26)24-13-6-7-14-25(24)28-2/h3-14,19-20H,15-18H2,1-2H3. The minimum absolute atomic E-state index is 0.406. The molecular formula is C25H28N2O. The first kappa shape index (κ1) is 18.6. The van der Waals surface area contributed by atoms with E-state index in [1.807, 2.05) is 12.1 Å². The van der Waals surface area contributed by atoms with Gasteiger partial charge in [0, 0.05) is 32.2 Å². The minimum Gasteiger partial charge on any atom is -0.495 e. The van der Waals surface area contributed by atoms with Crippen molar-refractivity contribution in [2.75, 3.05) is 38.2 Å². The highest BCUT2D eigenvalue weighted by atomic mass is 16.5. The number of anilines is 1. The van der Waals surface area contributed by atoms with Crippen LogP contribution in [0.2, 0.25) is 0 Å². The first-order valence-corrected chi connectivity index (χ1v) is 10.0. The zero-order valence-corrected chi connectivity index (χ0v) is 16.7. The number of nitrogens with zero attached hydrogens (tertiary/aromatic N) is 2. The van der Waals surface area contributed by atoms with Crippen LogP contribution in [0.15, 0.2) is 78.9 Å². The van der Waals surface area contributed by atoms with Crippen molar-refractivity contribution in [3.05, 3.63) is 84.4 Å². The van der Waals surface area contributed by atoms with Gasteiger partial charge in [0.15, 0.2) is 0 Å². The topological polar surface area (TPSA) is 15.7 Å². The summed E-state index contributed by atoms with van der Waals surface area (Å²) in [6, 6.07) is 28.3. The van der Waals surface area contributed by atoms with Crippen LogP contribution in [0.5, 0.6) is 5.75 Å². The van der Waals surface area contributed by atoms with Gasteiger partial charge >= 0.3 is 0 Å². The second-order valence-electron chi connectivity index (χ2n) is 7.36. The van der Waals surface area contributed by atoms with Crippen LogP contribution < -0.4 is 9.64 Å². The molecule has 3 aromatic rings. The normalized spacial score (nSPS) is 16.0. The summed E-state index contributed by atoms with van der Waals surface area (Å²) in [6.45, 7) is 6.46. The van der Waals surface area contributed by atoms with E-state index in [-0.39, 0.29) is 0 Å².